The van der Waals surface area contributed by atoms with E-state index in [1.54, 1.807) is 13.3 Å². The number of pyridine rings is 1. The lowest BCUT2D eigenvalue weighted by molar-refractivity contribution is 0.302. The molecule has 0 fully saturated rings. The van der Waals surface area contributed by atoms with Crippen LogP contribution in [0.5, 0.6) is 11.5 Å². The van der Waals surface area contributed by atoms with Crippen LogP contribution in [0.4, 0.5) is 10.8 Å². The Morgan fingerprint density at radius 2 is 1.82 bits per heavy atom. The van der Waals surface area contributed by atoms with Gasteiger partial charge in [0, 0.05) is 11.9 Å². The molecule has 2 heterocycles. The van der Waals surface area contributed by atoms with E-state index in [1.165, 1.54) is 11.3 Å². The molecular weight excluding hydrogens is 372 g/mol. The van der Waals surface area contributed by atoms with Crippen molar-refractivity contribution in [3.8, 4) is 22.1 Å². The van der Waals surface area contributed by atoms with Gasteiger partial charge in [-0.05, 0) is 42.5 Å². The SMILES string of the molecule is COc1ccc(OCc2ccccn2)c(-c2nnc(Nc3ccccc3)s2)c1. The molecule has 2 aromatic heterocycles. The van der Waals surface area contributed by atoms with E-state index in [4.69, 9.17) is 9.47 Å². The first-order valence-electron chi connectivity index (χ1n) is 8.68. The van der Waals surface area contributed by atoms with Gasteiger partial charge in [-0.15, -0.1) is 10.2 Å². The molecule has 0 aliphatic heterocycles. The van der Waals surface area contributed by atoms with Gasteiger partial charge < -0.3 is 14.8 Å². The topological polar surface area (TPSA) is 69.2 Å². The normalized spacial score (nSPS) is 10.5. The number of ether oxygens (including phenoxy) is 2. The molecule has 6 nitrogen and oxygen atoms in total. The third kappa shape index (κ3) is 4.27. The van der Waals surface area contributed by atoms with E-state index in [2.05, 4.69) is 20.5 Å². The molecule has 0 atom stereocenters. The summed E-state index contributed by atoms with van der Waals surface area (Å²) in [7, 11) is 1.63. The molecule has 1 N–H and O–H groups in total. The van der Waals surface area contributed by atoms with E-state index in [1.807, 2.05) is 66.7 Å². The number of hydrogen-bond donors (Lipinski definition) is 1. The van der Waals surface area contributed by atoms with Gasteiger partial charge in [-0.25, -0.2) is 0 Å². The second-order valence-corrected chi connectivity index (χ2v) is 6.85. The van der Waals surface area contributed by atoms with Crippen molar-refractivity contribution in [1.29, 1.82) is 0 Å². The molecule has 0 saturated carbocycles. The summed E-state index contributed by atoms with van der Waals surface area (Å²) < 4.78 is 11.4. The smallest absolute Gasteiger partial charge is 0.210 e. The quantitative estimate of drug-likeness (QED) is 0.482. The monoisotopic (exact) mass is 390 g/mol. The molecular formula is C21H18N4O2S. The number of hydrogen-bond acceptors (Lipinski definition) is 7. The maximum absolute atomic E-state index is 6.01. The Balaban J connectivity index is 1.59. The minimum atomic E-state index is 0.369. The highest BCUT2D eigenvalue weighted by molar-refractivity contribution is 7.18. The summed E-state index contributed by atoms with van der Waals surface area (Å²) >= 11 is 1.45. The lowest BCUT2D eigenvalue weighted by Crippen LogP contribution is -1.99. The van der Waals surface area contributed by atoms with Gasteiger partial charge >= 0.3 is 0 Å². The predicted octanol–water partition coefficient (Wildman–Crippen LogP) is 4.93. The summed E-state index contributed by atoms with van der Waals surface area (Å²) in [5, 5.41) is 13.3. The first-order chi connectivity index (χ1) is 13.8. The molecule has 0 radical (unpaired) electrons. The lowest BCUT2D eigenvalue weighted by atomic mass is 10.2. The van der Waals surface area contributed by atoms with E-state index in [9.17, 15) is 0 Å². The third-order valence-electron chi connectivity index (χ3n) is 3.97. The Morgan fingerprint density at radius 1 is 0.964 bits per heavy atom. The van der Waals surface area contributed by atoms with Gasteiger partial charge in [-0.2, -0.15) is 0 Å². The Kier molecular flexibility index (Phi) is 5.44. The van der Waals surface area contributed by atoms with Gasteiger partial charge in [0.05, 0.1) is 18.4 Å². The van der Waals surface area contributed by atoms with Crippen LogP contribution < -0.4 is 14.8 Å². The van der Waals surface area contributed by atoms with Crippen LogP contribution in [-0.4, -0.2) is 22.3 Å². The first-order valence-corrected chi connectivity index (χ1v) is 9.50. The van der Waals surface area contributed by atoms with Crippen LogP contribution in [-0.2, 0) is 6.61 Å². The lowest BCUT2D eigenvalue weighted by Gasteiger charge is -2.11. The number of nitrogens with one attached hydrogen (secondary N) is 1. The molecule has 0 aliphatic carbocycles. The molecule has 4 rings (SSSR count). The molecule has 28 heavy (non-hydrogen) atoms. The van der Waals surface area contributed by atoms with Crippen molar-refractivity contribution < 1.29 is 9.47 Å². The fourth-order valence-corrected chi connectivity index (χ4v) is 3.38. The highest BCUT2D eigenvalue weighted by atomic mass is 32.1. The maximum atomic E-state index is 6.01. The molecule has 7 heteroatoms. The first kappa shape index (κ1) is 17.9. The Labute approximate surface area is 166 Å². The number of nitrogens with zero attached hydrogens (tertiary/aromatic N) is 3. The molecule has 140 valence electrons. The van der Waals surface area contributed by atoms with E-state index in [0.29, 0.717) is 17.5 Å². The van der Waals surface area contributed by atoms with E-state index < -0.39 is 0 Å². The highest BCUT2D eigenvalue weighted by Gasteiger charge is 2.14. The maximum Gasteiger partial charge on any atom is 0.210 e. The molecule has 0 saturated heterocycles. The van der Waals surface area contributed by atoms with Crippen LogP contribution in [0, 0.1) is 0 Å². The average Bonchev–Trinajstić information content (AvgIpc) is 3.22. The Morgan fingerprint density at radius 3 is 2.61 bits per heavy atom. The Bertz CT molecular complexity index is 1040. The second kappa shape index (κ2) is 8.49. The van der Waals surface area contributed by atoms with Crippen LogP contribution in [0.15, 0.2) is 72.9 Å². The zero-order valence-corrected chi connectivity index (χ0v) is 16.0. The van der Waals surface area contributed by atoms with Gasteiger partial charge in [0.1, 0.15) is 18.1 Å². The number of benzene rings is 2. The van der Waals surface area contributed by atoms with Crippen LogP contribution >= 0.6 is 11.3 Å². The number of rotatable bonds is 7. The fourth-order valence-electron chi connectivity index (χ4n) is 2.59. The summed E-state index contributed by atoms with van der Waals surface area (Å²) in [6.45, 7) is 0.369. The number of methoxy groups -OCH3 is 1. The van der Waals surface area contributed by atoms with Crippen molar-refractivity contribution in [2.75, 3.05) is 12.4 Å². The van der Waals surface area contributed by atoms with Gasteiger partial charge in [-0.1, -0.05) is 35.6 Å². The predicted molar refractivity (Wildman–Crippen MR) is 110 cm³/mol. The number of aromatic nitrogens is 3. The minimum Gasteiger partial charge on any atom is -0.497 e. The number of anilines is 2. The molecule has 0 unspecified atom stereocenters. The molecule has 0 amide bonds. The van der Waals surface area contributed by atoms with Crippen molar-refractivity contribution in [3.63, 3.8) is 0 Å². The third-order valence-corrected chi connectivity index (χ3v) is 4.84. The number of para-hydroxylation sites is 1. The summed E-state index contributed by atoms with van der Waals surface area (Å²) in [6, 6.07) is 21.3. The molecule has 2 aromatic carbocycles. The van der Waals surface area contributed by atoms with E-state index >= 15 is 0 Å². The van der Waals surface area contributed by atoms with Gasteiger partial charge in [-0.3, -0.25) is 4.98 Å². The largest absolute Gasteiger partial charge is 0.497 e. The Hall–Kier alpha value is -3.45. The molecule has 0 spiro atoms. The summed E-state index contributed by atoms with van der Waals surface area (Å²) in [5.74, 6) is 1.43. The second-order valence-electron chi connectivity index (χ2n) is 5.88. The van der Waals surface area contributed by atoms with Crippen molar-refractivity contribution in [2.45, 2.75) is 6.61 Å². The average molecular weight is 390 g/mol. The summed E-state index contributed by atoms with van der Waals surface area (Å²) in [6.07, 6.45) is 1.75. The van der Waals surface area contributed by atoms with E-state index in [-0.39, 0.29) is 0 Å². The molecule has 0 aliphatic rings. The van der Waals surface area contributed by atoms with Crippen LogP contribution in [0.25, 0.3) is 10.6 Å². The summed E-state index contributed by atoms with van der Waals surface area (Å²) in [4.78, 5) is 4.30. The van der Waals surface area contributed by atoms with Crippen LogP contribution in [0.3, 0.4) is 0 Å². The zero-order valence-electron chi connectivity index (χ0n) is 15.2. The van der Waals surface area contributed by atoms with Crippen molar-refractivity contribution in [2.24, 2.45) is 0 Å². The summed E-state index contributed by atoms with van der Waals surface area (Å²) in [5.41, 5.74) is 2.64. The van der Waals surface area contributed by atoms with Crippen LogP contribution in [0.1, 0.15) is 5.69 Å². The minimum absolute atomic E-state index is 0.369. The molecule has 0 bridgehead atoms. The fraction of sp³-hybridized carbons (Fsp3) is 0.0952. The van der Waals surface area contributed by atoms with Crippen LogP contribution in [0.2, 0.25) is 0 Å². The molecule has 4 aromatic rings. The van der Waals surface area contributed by atoms with Crippen molar-refractivity contribution >= 4 is 22.2 Å². The highest BCUT2D eigenvalue weighted by Crippen LogP contribution is 2.37. The standard InChI is InChI=1S/C21H18N4O2S/c1-26-17-10-11-19(27-14-16-9-5-6-12-22-16)18(13-17)20-24-25-21(28-20)23-15-7-3-2-4-8-15/h2-13H,14H2,1H3,(H,23,25). The van der Waals surface area contributed by atoms with Gasteiger partial charge in [0.25, 0.3) is 0 Å². The van der Waals surface area contributed by atoms with E-state index in [0.717, 1.165) is 27.7 Å². The van der Waals surface area contributed by atoms with Gasteiger partial charge in [0.2, 0.25) is 5.13 Å². The van der Waals surface area contributed by atoms with Crippen molar-refractivity contribution in [3.05, 3.63) is 78.6 Å². The zero-order chi connectivity index (χ0) is 19.2. The van der Waals surface area contributed by atoms with Gasteiger partial charge in [0.15, 0.2) is 5.01 Å². The van der Waals surface area contributed by atoms with Crippen molar-refractivity contribution in [1.82, 2.24) is 15.2 Å².